The molecule has 5 fully saturated rings. The van der Waals surface area contributed by atoms with Crippen molar-refractivity contribution in [3.05, 3.63) is 53.1 Å². The zero-order chi connectivity index (χ0) is 45.6. The van der Waals surface area contributed by atoms with Crippen LogP contribution in [0.5, 0.6) is 0 Å². The van der Waals surface area contributed by atoms with Crippen molar-refractivity contribution in [2.24, 2.45) is 41.4 Å². The van der Waals surface area contributed by atoms with Crippen molar-refractivity contribution in [1.82, 2.24) is 4.90 Å². The Morgan fingerprint density at radius 3 is 2.20 bits per heavy atom. The summed E-state index contributed by atoms with van der Waals surface area (Å²) in [4.78, 5) is 45.8. The minimum atomic E-state index is -0.710. The number of Topliss-reactive ketones (excluding diaryl/α,β-unsaturated/α-hetero) is 1. The van der Waals surface area contributed by atoms with Gasteiger partial charge in [-0.15, -0.1) is 0 Å². The van der Waals surface area contributed by atoms with Crippen LogP contribution < -0.4 is 0 Å². The third-order valence-electron chi connectivity index (χ3n) is 16.1. The average Bonchev–Trinajstić information content (AvgIpc) is 3.86. The number of fused-ring (bicyclic) bond motifs is 8. The van der Waals surface area contributed by atoms with E-state index in [1.165, 1.54) is 0 Å². The van der Waals surface area contributed by atoms with Crippen molar-refractivity contribution in [3.8, 4) is 0 Å². The summed E-state index contributed by atoms with van der Waals surface area (Å²) in [6, 6.07) is 8.24. The normalized spacial score (nSPS) is 42.8. The molecular weight excluding hydrogens is 819 g/mol. The first-order chi connectivity index (χ1) is 30.7. The Hall–Kier alpha value is -3.01. The van der Waals surface area contributed by atoms with Crippen LogP contribution in [-0.2, 0) is 57.0 Å². The van der Waals surface area contributed by atoms with E-state index in [4.69, 9.17) is 42.6 Å². The molecule has 4 heterocycles. The number of cyclic esters (lactones) is 1. The van der Waals surface area contributed by atoms with Gasteiger partial charge >= 0.3 is 11.9 Å². The molecule has 2 saturated carbocycles. The first-order valence-electron chi connectivity index (χ1n) is 24.1. The van der Waals surface area contributed by atoms with Crippen LogP contribution >= 0.6 is 0 Å². The standard InChI is InChI=1S/C51H73NO12/c1-11-31-16-13-17-41(63-43-19-18-40(52(6)7)28(4)59-43)27(3)45(54)38-24-36-34-21-32(62-51-49(58-10)48(57-9)46(56-8)29(5)60-51)22-35(34)39-23-33(30-15-12-14-26(2)20-30)50(55)64-47(39)44(36)37(38)25-42(53)61-31/h12,14-15,20,23-24,27-29,31-32,34-37,39-41,43-44,46-49,51H,11,13,16-19,21-22,25H2,1-10H3/t27-,28-,29+,31+,32+,34-,35-,36+,37-,39?,40+,41+,43+,44-,46+,47?,48-,49-,51+/m1/s1. The molecule has 0 aromatic heterocycles. The van der Waals surface area contributed by atoms with E-state index in [0.717, 1.165) is 30.4 Å². The van der Waals surface area contributed by atoms with Crippen LogP contribution in [0, 0.1) is 48.3 Å². The van der Waals surface area contributed by atoms with Gasteiger partial charge in [-0.25, -0.2) is 4.79 Å². The first kappa shape index (κ1) is 47.5. The maximum atomic E-state index is 15.2. The molecule has 1 aromatic rings. The van der Waals surface area contributed by atoms with Gasteiger partial charge in [0.05, 0.1) is 36.4 Å². The van der Waals surface area contributed by atoms with E-state index >= 15 is 4.79 Å². The molecule has 1 aromatic carbocycles. The second kappa shape index (κ2) is 20.1. The number of likely N-dealkylation sites (N-methyl/N-ethyl adjacent to an activating group) is 1. The Labute approximate surface area is 380 Å². The highest BCUT2D eigenvalue weighted by atomic mass is 16.7. The molecule has 13 nitrogen and oxygen atoms in total. The summed E-state index contributed by atoms with van der Waals surface area (Å²) in [5, 5.41) is 0. The highest BCUT2D eigenvalue weighted by Gasteiger charge is 2.62. The molecule has 0 radical (unpaired) electrons. The Morgan fingerprint density at radius 1 is 0.797 bits per heavy atom. The number of methoxy groups -OCH3 is 3. The van der Waals surface area contributed by atoms with Crippen LogP contribution in [0.4, 0.5) is 0 Å². The summed E-state index contributed by atoms with van der Waals surface area (Å²) in [6.45, 7) is 10.1. The van der Waals surface area contributed by atoms with E-state index < -0.39 is 48.8 Å². The number of allylic oxidation sites excluding steroid dienone is 2. The predicted molar refractivity (Wildman–Crippen MR) is 238 cm³/mol. The smallest absolute Gasteiger partial charge is 0.338 e. The number of esters is 2. The van der Waals surface area contributed by atoms with Crippen LogP contribution in [0.1, 0.15) is 96.6 Å². The van der Waals surface area contributed by atoms with Crippen molar-refractivity contribution in [2.45, 2.75) is 166 Å². The molecule has 8 rings (SSSR count). The van der Waals surface area contributed by atoms with E-state index in [0.29, 0.717) is 49.3 Å². The number of hydrogen-bond acceptors (Lipinski definition) is 13. The molecule has 7 aliphatic rings. The summed E-state index contributed by atoms with van der Waals surface area (Å²) in [5.41, 5.74) is 3.02. The predicted octanol–water partition coefficient (Wildman–Crippen LogP) is 6.86. The number of carbonyl (C=O) groups excluding carboxylic acids is 3. The molecule has 3 aliphatic carbocycles. The van der Waals surface area contributed by atoms with E-state index in [1.54, 1.807) is 21.3 Å². The molecule has 13 heteroatoms. The minimum absolute atomic E-state index is 0.0177. The van der Waals surface area contributed by atoms with E-state index in [9.17, 15) is 9.59 Å². The first-order valence-corrected chi connectivity index (χ1v) is 24.1. The SMILES string of the molecule is CC[C@H]1CCC[C@H](O[C@H]2CC[C@H](N(C)C)[C@@H](C)O2)[C@@H](C)C(=O)C2=C[C@H]3[C@@H]4C[C@H](O[C@@H]5O[C@@H](C)[C@H](OC)[C@@H](OC)[C@H]5OC)C[C@H]4C4C=C(c5cccc(C)c5)C(=O)OC4[C@H]3[C@@H]2CC(=O)O1. The lowest BCUT2D eigenvalue weighted by Crippen LogP contribution is -2.59. The molecule has 64 heavy (non-hydrogen) atoms. The number of carbonyl (C=O) groups is 3. The molecule has 2 unspecified atom stereocenters. The fourth-order valence-electron chi connectivity index (χ4n) is 12.9. The zero-order valence-corrected chi connectivity index (χ0v) is 39.6. The third kappa shape index (κ3) is 9.31. The molecule has 0 bridgehead atoms. The van der Waals surface area contributed by atoms with Crippen LogP contribution in [0.3, 0.4) is 0 Å². The summed E-state index contributed by atoms with van der Waals surface area (Å²) in [6.07, 6.45) is 5.90. The lowest BCUT2D eigenvalue weighted by atomic mass is 9.59. The Balaban J connectivity index is 1.14. The molecule has 0 N–H and O–H groups in total. The quantitative estimate of drug-likeness (QED) is 0.227. The van der Waals surface area contributed by atoms with E-state index in [2.05, 4.69) is 38.1 Å². The lowest BCUT2D eigenvalue weighted by molar-refractivity contribution is -0.314. The van der Waals surface area contributed by atoms with Gasteiger partial charge in [0, 0.05) is 51.0 Å². The van der Waals surface area contributed by atoms with Gasteiger partial charge < -0.3 is 47.5 Å². The summed E-state index contributed by atoms with van der Waals surface area (Å²) < 4.78 is 57.2. The highest BCUT2D eigenvalue weighted by molar-refractivity contribution is 6.17. The second-order valence-corrected chi connectivity index (χ2v) is 20.0. The van der Waals surface area contributed by atoms with Crippen LogP contribution in [0.2, 0.25) is 0 Å². The van der Waals surface area contributed by atoms with Gasteiger partial charge in [0.2, 0.25) is 0 Å². The van der Waals surface area contributed by atoms with Gasteiger partial charge in [-0.05, 0) is 115 Å². The van der Waals surface area contributed by atoms with Crippen LogP contribution in [-0.4, -0.2) is 132 Å². The summed E-state index contributed by atoms with van der Waals surface area (Å²) in [5.74, 6) is -2.30. The summed E-state index contributed by atoms with van der Waals surface area (Å²) >= 11 is 0. The van der Waals surface area contributed by atoms with Crippen molar-refractivity contribution in [1.29, 1.82) is 0 Å². The van der Waals surface area contributed by atoms with E-state index in [-0.39, 0.29) is 84.3 Å². The van der Waals surface area contributed by atoms with Gasteiger partial charge in [0.25, 0.3) is 0 Å². The Kier molecular flexibility index (Phi) is 14.9. The number of ether oxygens (including phenoxy) is 9. The van der Waals surface area contributed by atoms with Gasteiger partial charge in [0.15, 0.2) is 18.4 Å². The van der Waals surface area contributed by atoms with Gasteiger partial charge in [-0.1, -0.05) is 55.8 Å². The molecule has 354 valence electrons. The molecule has 3 saturated heterocycles. The molecule has 0 spiro atoms. The minimum Gasteiger partial charge on any atom is -0.462 e. The zero-order valence-electron chi connectivity index (χ0n) is 39.6. The Bertz CT molecular complexity index is 1900. The maximum absolute atomic E-state index is 15.2. The second-order valence-electron chi connectivity index (χ2n) is 20.0. The number of hydrogen-bond donors (Lipinski definition) is 0. The van der Waals surface area contributed by atoms with Gasteiger partial charge in [0.1, 0.15) is 30.5 Å². The van der Waals surface area contributed by atoms with Crippen molar-refractivity contribution < 1.29 is 57.0 Å². The van der Waals surface area contributed by atoms with Crippen molar-refractivity contribution in [3.63, 3.8) is 0 Å². The Morgan fingerprint density at radius 2 is 1.53 bits per heavy atom. The number of benzene rings is 1. The topological polar surface area (TPSA) is 138 Å². The average molecular weight is 892 g/mol. The van der Waals surface area contributed by atoms with Crippen LogP contribution in [0.15, 0.2) is 42.0 Å². The highest BCUT2D eigenvalue weighted by Crippen LogP contribution is 2.61. The molecule has 19 atom stereocenters. The van der Waals surface area contributed by atoms with Crippen LogP contribution in [0.25, 0.3) is 5.57 Å². The number of nitrogens with zero attached hydrogens (tertiary/aromatic N) is 1. The van der Waals surface area contributed by atoms with Crippen molar-refractivity contribution in [2.75, 3.05) is 35.4 Å². The van der Waals surface area contributed by atoms with Gasteiger partial charge in [-0.3, -0.25) is 9.59 Å². The number of ketones is 1. The fraction of sp³-hybridized carbons (Fsp3) is 0.745. The number of rotatable bonds is 10. The molecule has 4 aliphatic heterocycles. The molecular formula is C51H73NO12. The molecule has 0 amide bonds. The van der Waals surface area contributed by atoms with E-state index in [1.807, 2.05) is 52.0 Å². The number of aryl methyl sites for hydroxylation is 1. The lowest BCUT2D eigenvalue weighted by Gasteiger charge is -2.49. The largest absolute Gasteiger partial charge is 0.462 e. The monoisotopic (exact) mass is 892 g/mol. The van der Waals surface area contributed by atoms with Crippen molar-refractivity contribution >= 4 is 23.3 Å². The third-order valence-corrected chi connectivity index (χ3v) is 16.1. The fourth-order valence-corrected chi connectivity index (χ4v) is 12.9. The van der Waals surface area contributed by atoms with Gasteiger partial charge in [-0.2, -0.15) is 0 Å². The summed E-state index contributed by atoms with van der Waals surface area (Å²) in [7, 11) is 9.08. The maximum Gasteiger partial charge on any atom is 0.338 e.